The third kappa shape index (κ3) is 4.10. The minimum Gasteiger partial charge on any atom is -0.334 e. The molecule has 148 valence electrons. The summed E-state index contributed by atoms with van der Waals surface area (Å²) in [4.78, 5) is 29.0. The van der Waals surface area contributed by atoms with E-state index in [9.17, 15) is 9.59 Å². The maximum Gasteiger partial charge on any atom is 0.254 e. The number of amides is 2. The molecule has 0 saturated carbocycles. The number of rotatable bonds is 4. The number of nitrogens with zero attached hydrogens (tertiary/aromatic N) is 1. The number of fused-ring (bicyclic) bond motifs is 1. The smallest absolute Gasteiger partial charge is 0.254 e. The zero-order valence-corrected chi connectivity index (χ0v) is 17.5. The first-order valence-corrected chi connectivity index (χ1v) is 10.7. The molecule has 2 heterocycles. The van der Waals surface area contributed by atoms with Crippen LogP contribution in [-0.2, 0) is 24.2 Å². The fourth-order valence-corrected chi connectivity index (χ4v) is 4.66. The molecular weight excluding hydrogens is 380 g/mol. The number of aryl methyl sites for hydroxylation is 1. The summed E-state index contributed by atoms with van der Waals surface area (Å²) in [6.07, 6.45) is 1.22. The van der Waals surface area contributed by atoms with Crippen LogP contribution in [0.2, 0.25) is 0 Å². The Morgan fingerprint density at radius 3 is 2.72 bits per heavy atom. The molecule has 0 unspecified atom stereocenters. The van der Waals surface area contributed by atoms with Crippen molar-refractivity contribution in [1.29, 1.82) is 0 Å². The van der Waals surface area contributed by atoms with E-state index in [4.69, 9.17) is 0 Å². The molecule has 4 rings (SSSR count). The van der Waals surface area contributed by atoms with Crippen molar-refractivity contribution < 1.29 is 9.59 Å². The van der Waals surface area contributed by atoms with Gasteiger partial charge in [-0.2, -0.15) is 0 Å². The van der Waals surface area contributed by atoms with E-state index in [1.165, 1.54) is 10.4 Å². The first-order valence-electron chi connectivity index (χ1n) is 9.81. The Kier molecular flexibility index (Phi) is 5.49. The van der Waals surface area contributed by atoms with Gasteiger partial charge in [-0.1, -0.05) is 30.3 Å². The van der Waals surface area contributed by atoms with E-state index in [0.717, 1.165) is 29.7 Å². The van der Waals surface area contributed by atoms with Crippen molar-refractivity contribution in [1.82, 2.24) is 4.90 Å². The monoisotopic (exact) mass is 404 g/mol. The molecule has 3 aromatic rings. The molecule has 1 aromatic heterocycles. The number of nitrogens with one attached hydrogen (secondary N) is 1. The molecule has 2 amide bonds. The van der Waals surface area contributed by atoms with Crippen molar-refractivity contribution in [3.63, 3.8) is 0 Å². The van der Waals surface area contributed by atoms with Crippen LogP contribution in [0.3, 0.4) is 0 Å². The van der Waals surface area contributed by atoms with Gasteiger partial charge in [0.2, 0.25) is 5.91 Å². The lowest BCUT2D eigenvalue weighted by atomic mass is 10.0. The maximum absolute atomic E-state index is 13.1. The Bertz CT molecular complexity index is 1070. The molecule has 0 bridgehead atoms. The van der Waals surface area contributed by atoms with Crippen LogP contribution in [-0.4, -0.2) is 23.3 Å². The Morgan fingerprint density at radius 1 is 1.07 bits per heavy atom. The van der Waals surface area contributed by atoms with E-state index in [1.807, 2.05) is 61.2 Å². The number of anilines is 1. The zero-order chi connectivity index (χ0) is 20.4. The fourth-order valence-electron chi connectivity index (χ4n) is 3.77. The lowest BCUT2D eigenvalue weighted by Gasteiger charge is -2.28. The topological polar surface area (TPSA) is 49.4 Å². The Morgan fingerprint density at radius 2 is 1.90 bits per heavy atom. The van der Waals surface area contributed by atoms with Crippen LogP contribution in [0.1, 0.15) is 37.5 Å². The summed E-state index contributed by atoms with van der Waals surface area (Å²) < 4.78 is 0. The van der Waals surface area contributed by atoms with E-state index in [2.05, 4.69) is 16.8 Å². The van der Waals surface area contributed by atoms with Crippen molar-refractivity contribution in [2.24, 2.45) is 0 Å². The Labute approximate surface area is 175 Å². The fraction of sp³-hybridized carbons (Fsp3) is 0.250. The maximum atomic E-state index is 13.1. The lowest BCUT2D eigenvalue weighted by molar-refractivity contribution is -0.115. The van der Waals surface area contributed by atoms with Crippen molar-refractivity contribution in [3.05, 3.63) is 86.6 Å². The lowest BCUT2D eigenvalue weighted by Crippen LogP contribution is -2.35. The number of hydrogen-bond donors (Lipinski definition) is 1. The molecule has 1 aliphatic heterocycles. The van der Waals surface area contributed by atoms with Crippen LogP contribution in [0.25, 0.3) is 0 Å². The van der Waals surface area contributed by atoms with Gasteiger partial charge in [0, 0.05) is 29.2 Å². The van der Waals surface area contributed by atoms with Gasteiger partial charge in [-0.3, -0.25) is 9.59 Å². The number of benzene rings is 2. The molecule has 0 spiro atoms. The van der Waals surface area contributed by atoms with Gasteiger partial charge in [0.15, 0.2) is 0 Å². The summed E-state index contributed by atoms with van der Waals surface area (Å²) in [6.45, 7) is 5.29. The molecule has 0 radical (unpaired) electrons. The molecule has 1 aliphatic rings. The van der Waals surface area contributed by atoms with E-state index in [0.29, 0.717) is 24.2 Å². The number of carbonyl (C=O) groups excluding carboxylic acids is 2. The second kappa shape index (κ2) is 8.21. The normalized spacial score (nSPS) is 13.1. The average Bonchev–Trinajstić information content (AvgIpc) is 3.19. The van der Waals surface area contributed by atoms with Gasteiger partial charge in [0.05, 0.1) is 6.42 Å². The van der Waals surface area contributed by atoms with Crippen LogP contribution in [0, 0.1) is 13.8 Å². The molecule has 4 nitrogen and oxygen atoms in total. The second-order valence-corrected chi connectivity index (χ2v) is 8.48. The molecular formula is C24H24N2O2S. The standard InChI is InChI=1S/C24H24N2O2S/c1-16-6-3-4-7-18(16)14-23(27)25-21-9-5-8-20(17(21)2)24(28)26-12-10-22-19(15-26)11-13-29-22/h3-9,11,13H,10,12,14-15H2,1-2H3,(H,25,27). The van der Waals surface area contributed by atoms with Crippen molar-refractivity contribution in [2.75, 3.05) is 11.9 Å². The van der Waals surface area contributed by atoms with Crippen LogP contribution in [0.4, 0.5) is 5.69 Å². The zero-order valence-electron chi connectivity index (χ0n) is 16.7. The minimum atomic E-state index is -0.0760. The molecule has 0 fully saturated rings. The van der Waals surface area contributed by atoms with Gasteiger partial charge in [-0.25, -0.2) is 0 Å². The van der Waals surface area contributed by atoms with Crippen molar-refractivity contribution in [3.8, 4) is 0 Å². The SMILES string of the molecule is Cc1ccccc1CC(=O)Nc1cccc(C(=O)N2CCc3sccc3C2)c1C. The number of carbonyl (C=O) groups is 2. The predicted molar refractivity (Wildman–Crippen MR) is 117 cm³/mol. The summed E-state index contributed by atoms with van der Waals surface area (Å²) in [7, 11) is 0. The van der Waals surface area contributed by atoms with Crippen LogP contribution < -0.4 is 5.32 Å². The number of thiophene rings is 1. The highest BCUT2D eigenvalue weighted by Gasteiger charge is 2.24. The molecule has 2 aromatic carbocycles. The van der Waals surface area contributed by atoms with Crippen molar-refractivity contribution >= 4 is 28.8 Å². The third-order valence-corrected chi connectivity index (χ3v) is 6.57. The second-order valence-electron chi connectivity index (χ2n) is 7.48. The van der Waals surface area contributed by atoms with Crippen molar-refractivity contribution in [2.45, 2.75) is 33.2 Å². The number of hydrogen-bond acceptors (Lipinski definition) is 3. The highest BCUT2D eigenvalue weighted by molar-refractivity contribution is 7.10. The van der Waals surface area contributed by atoms with E-state index < -0.39 is 0 Å². The summed E-state index contributed by atoms with van der Waals surface area (Å²) in [5.41, 5.74) is 5.51. The minimum absolute atomic E-state index is 0.0225. The van der Waals surface area contributed by atoms with Crippen LogP contribution >= 0.6 is 11.3 Å². The molecule has 0 aliphatic carbocycles. The van der Waals surface area contributed by atoms with Crippen LogP contribution in [0.5, 0.6) is 0 Å². The molecule has 5 heteroatoms. The molecule has 29 heavy (non-hydrogen) atoms. The summed E-state index contributed by atoms with van der Waals surface area (Å²) >= 11 is 1.76. The molecule has 1 N–H and O–H groups in total. The Hall–Kier alpha value is -2.92. The summed E-state index contributed by atoms with van der Waals surface area (Å²) in [5.74, 6) is -0.0535. The van der Waals surface area contributed by atoms with Gasteiger partial charge in [0.1, 0.15) is 0 Å². The highest BCUT2D eigenvalue weighted by Crippen LogP contribution is 2.27. The first kappa shape index (κ1) is 19.4. The average molecular weight is 405 g/mol. The third-order valence-electron chi connectivity index (χ3n) is 5.55. The summed E-state index contributed by atoms with van der Waals surface area (Å²) in [5, 5.41) is 5.08. The molecule has 0 saturated heterocycles. The van der Waals surface area contributed by atoms with E-state index in [1.54, 1.807) is 11.3 Å². The first-order chi connectivity index (χ1) is 14.0. The largest absolute Gasteiger partial charge is 0.334 e. The highest BCUT2D eigenvalue weighted by atomic mass is 32.1. The Balaban J connectivity index is 1.49. The van der Waals surface area contributed by atoms with E-state index in [-0.39, 0.29) is 11.8 Å². The van der Waals surface area contributed by atoms with Gasteiger partial charge in [-0.15, -0.1) is 11.3 Å². The summed E-state index contributed by atoms with van der Waals surface area (Å²) in [6, 6.07) is 15.5. The van der Waals surface area contributed by atoms with Gasteiger partial charge in [-0.05, 0) is 66.1 Å². The predicted octanol–water partition coefficient (Wildman–Crippen LogP) is 4.74. The van der Waals surface area contributed by atoms with Gasteiger partial charge in [0.25, 0.3) is 5.91 Å². The van der Waals surface area contributed by atoms with Gasteiger partial charge < -0.3 is 10.2 Å². The van der Waals surface area contributed by atoms with Crippen LogP contribution in [0.15, 0.2) is 53.9 Å². The van der Waals surface area contributed by atoms with E-state index >= 15 is 0 Å². The van der Waals surface area contributed by atoms with Gasteiger partial charge >= 0.3 is 0 Å². The molecule has 0 atom stereocenters. The quantitative estimate of drug-likeness (QED) is 0.682.